The normalized spacial score (nSPS) is 18.1. The number of halogens is 3. The fourth-order valence-corrected chi connectivity index (χ4v) is 4.30. The monoisotopic (exact) mass is 460 g/mol. The van der Waals surface area contributed by atoms with Crippen LogP contribution in [-0.4, -0.2) is 31.7 Å². The Bertz CT molecular complexity index is 1090. The summed E-state index contributed by atoms with van der Waals surface area (Å²) in [6.07, 6.45) is -1.35. The number of carbonyl (C=O) groups excluding carboxylic acids is 1. The van der Waals surface area contributed by atoms with E-state index in [1.54, 1.807) is 6.07 Å². The third-order valence-electron chi connectivity index (χ3n) is 6.41. The fraction of sp³-hybridized carbons (Fsp3) is 0.400. The number of nitrogens with one attached hydrogen (secondary N) is 1. The minimum atomic E-state index is -4.47. The van der Waals surface area contributed by atoms with E-state index in [0.29, 0.717) is 42.7 Å². The number of carbonyl (C=O) groups is 1. The molecule has 1 amide bonds. The molecular formula is C25H27F3N2O3. The molecule has 0 saturated carbocycles. The number of nitrogens with zero attached hydrogens (tertiary/aromatic N) is 1. The highest BCUT2D eigenvalue weighted by atomic mass is 19.4. The van der Waals surface area contributed by atoms with Crippen molar-refractivity contribution in [2.24, 2.45) is 0 Å². The van der Waals surface area contributed by atoms with E-state index < -0.39 is 17.3 Å². The van der Waals surface area contributed by atoms with Gasteiger partial charge in [-0.25, -0.2) is 0 Å². The lowest BCUT2D eigenvalue weighted by molar-refractivity contribution is -0.137. The Labute approximate surface area is 191 Å². The number of alkyl halides is 3. The predicted octanol–water partition coefficient (Wildman–Crippen LogP) is 5.90. The van der Waals surface area contributed by atoms with Crippen molar-refractivity contribution >= 4 is 22.9 Å². The van der Waals surface area contributed by atoms with E-state index in [1.807, 2.05) is 33.0 Å². The highest BCUT2D eigenvalue weighted by Gasteiger charge is 2.38. The Morgan fingerprint density at radius 1 is 1.15 bits per heavy atom. The van der Waals surface area contributed by atoms with Crippen LogP contribution < -0.4 is 19.7 Å². The zero-order valence-electron chi connectivity index (χ0n) is 18.9. The van der Waals surface area contributed by atoms with Gasteiger partial charge in [0.05, 0.1) is 17.8 Å². The van der Waals surface area contributed by atoms with Crippen LogP contribution in [0, 0.1) is 0 Å². The average molecular weight is 460 g/mol. The first kappa shape index (κ1) is 23.0. The number of amides is 1. The van der Waals surface area contributed by atoms with Gasteiger partial charge in [-0.3, -0.25) is 4.79 Å². The van der Waals surface area contributed by atoms with Crippen molar-refractivity contribution in [2.75, 3.05) is 30.4 Å². The largest absolute Gasteiger partial charge is 0.490 e. The topological polar surface area (TPSA) is 50.8 Å². The molecule has 2 aromatic rings. The second kappa shape index (κ2) is 8.65. The van der Waals surface area contributed by atoms with Crippen LogP contribution in [0.3, 0.4) is 0 Å². The molecule has 0 radical (unpaired) electrons. The number of rotatable bonds is 4. The summed E-state index contributed by atoms with van der Waals surface area (Å²) in [5.41, 5.74) is 1.24. The van der Waals surface area contributed by atoms with Gasteiger partial charge in [-0.2, -0.15) is 13.2 Å². The number of hydrogen-bond donors (Lipinski definition) is 1. The van der Waals surface area contributed by atoms with E-state index in [9.17, 15) is 18.0 Å². The smallest absolute Gasteiger partial charge is 0.416 e. The molecule has 0 saturated heterocycles. The van der Waals surface area contributed by atoms with E-state index in [0.717, 1.165) is 30.1 Å². The van der Waals surface area contributed by atoms with Gasteiger partial charge in [-0.1, -0.05) is 19.9 Å². The number of fused-ring (bicyclic) bond motifs is 2. The van der Waals surface area contributed by atoms with Crippen molar-refractivity contribution in [3.05, 3.63) is 53.6 Å². The van der Waals surface area contributed by atoms with Crippen LogP contribution in [0.1, 0.15) is 44.2 Å². The second-order valence-corrected chi connectivity index (χ2v) is 8.49. The van der Waals surface area contributed by atoms with Crippen molar-refractivity contribution in [3.8, 4) is 11.5 Å². The number of likely N-dealkylation sites (N-methyl/N-ethyl adjacent to an activating group) is 1. The summed E-state index contributed by atoms with van der Waals surface area (Å²) >= 11 is 0. The minimum Gasteiger partial charge on any atom is -0.490 e. The Balaban J connectivity index is 1.65. The van der Waals surface area contributed by atoms with E-state index >= 15 is 0 Å². The molecule has 2 heterocycles. The maximum atomic E-state index is 13.3. The third-order valence-corrected chi connectivity index (χ3v) is 6.41. The maximum absolute atomic E-state index is 13.3. The van der Waals surface area contributed by atoms with Crippen molar-refractivity contribution in [3.63, 3.8) is 0 Å². The lowest BCUT2D eigenvalue weighted by atomic mass is 9.83. The summed E-state index contributed by atoms with van der Waals surface area (Å²) < 4.78 is 51.5. The number of benzene rings is 2. The molecule has 0 atom stereocenters. The van der Waals surface area contributed by atoms with Gasteiger partial charge in [-0.05, 0) is 48.7 Å². The van der Waals surface area contributed by atoms with Gasteiger partial charge in [0.25, 0.3) is 0 Å². The highest BCUT2D eigenvalue weighted by Crippen LogP contribution is 2.45. The Kier molecular flexibility index (Phi) is 6.03. The van der Waals surface area contributed by atoms with Gasteiger partial charge in [0.2, 0.25) is 5.91 Å². The molecule has 0 fully saturated rings. The quantitative estimate of drug-likeness (QED) is 0.578. The minimum absolute atomic E-state index is 0.159. The molecule has 176 valence electrons. The molecule has 4 rings (SSSR count). The summed E-state index contributed by atoms with van der Waals surface area (Å²) in [5, 5.41) is 2.87. The number of anilines is 2. The average Bonchev–Trinajstić information content (AvgIpc) is 2.78. The van der Waals surface area contributed by atoms with E-state index in [-0.39, 0.29) is 11.7 Å². The first-order chi connectivity index (χ1) is 15.6. The number of ether oxygens (including phenoxy) is 2. The summed E-state index contributed by atoms with van der Waals surface area (Å²) in [6.45, 7) is 5.23. The Hall–Kier alpha value is -3.16. The first-order valence-electron chi connectivity index (χ1n) is 11.0. The van der Waals surface area contributed by atoms with E-state index in [1.165, 1.54) is 12.1 Å². The van der Waals surface area contributed by atoms with Gasteiger partial charge in [0.15, 0.2) is 0 Å². The van der Waals surface area contributed by atoms with Crippen molar-refractivity contribution in [2.45, 2.75) is 44.9 Å². The standard InChI is InChI=1S/C25H27F3N2O3/c1-4-24(5-2)15-16(19-8-6-17(25(26,27)28)13-22(19)33-24)12-23(31)29-18-7-9-21-20(14-18)30(3)10-11-32-21/h6-9,12-14H,4-5,10-11,15H2,1-3H3,(H,29,31). The van der Waals surface area contributed by atoms with E-state index in [4.69, 9.17) is 9.47 Å². The Morgan fingerprint density at radius 3 is 2.61 bits per heavy atom. The third kappa shape index (κ3) is 4.65. The van der Waals surface area contributed by atoms with Crippen LogP contribution in [0.4, 0.5) is 24.5 Å². The van der Waals surface area contributed by atoms with Crippen LogP contribution in [-0.2, 0) is 11.0 Å². The highest BCUT2D eigenvalue weighted by molar-refractivity contribution is 6.05. The molecule has 0 aromatic heterocycles. The summed E-state index contributed by atoms with van der Waals surface area (Å²) in [6, 6.07) is 8.87. The molecule has 0 bridgehead atoms. The molecule has 1 N–H and O–H groups in total. The van der Waals surface area contributed by atoms with Crippen LogP contribution >= 0.6 is 0 Å². The first-order valence-corrected chi connectivity index (χ1v) is 11.0. The van der Waals surface area contributed by atoms with Crippen LogP contribution in [0.15, 0.2) is 42.5 Å². The SMILES string of the molecule is CCC1(CC)CC(=CC(=O)Nc2ccc3c(c2)N(C)CCO3)c2ccc(C(F)(F)F)cc2O1. The molecule has 2 aliphatic rings. The van der Waals surface area contributed by atoms with Crippen molar-refractivity contribution < 1.29 is 27.4 Å². The molecule has 2 aromatic carbocycles. The zero-order chi connectivity index (χ0) is 23.8. The lowest BCUT2D eigenvalue weighted by Crippen LogP contribution is -2.38. The molecule has 5 nitrogen and oxygen atoms in total. The number of hydrogen-bond acceptors (Lipinski definition) is 4. The molecular weight excluding hydrogens is 433 g/mol. The molecule has 0 unspecified atom stereocenters. The van der Waals surface area contributed by atoms with Crippen LogP contribution in [0.5, 0.6) is 11.5 Å². The van der Waals surface area contributed by atoms with Crippen molar-refractivity contribution in [1.82, 2.24) is 0 Å². The zero-order valence-corrected chi connectivity index (χ0v) is 18.9. The fourth-order valence-electron chi connectivity index (χ4n) is 4.30. The summed E-state index contributed by atoms with van der Waals surface area (Å²) in [5.74, 6) is 0.569. The van der Waals surface area contributed by atoms with Gasteiger partial charge >= 0.3 is 6.18 Å². The van der Waals surface area contributed by atoms with Crippen LogP contribution in [0.25, 0.3) is 5.57 Å². The molecule has 8 heteroatoms. The lowest BCUT2D eigenvalue weighted by Gasteiger charge is -2.39. The van der Waals surface area contributed by atoms with Crippen LogP contribution in [0.2, 0.25) is 0 Å². The summed E-state index contributed by atoms with van der Waals surface area (Å²) in [7, 11) is 1.96. The predicted molar refractivity (Wildman–Crippen MR) is 122 cm³/mol. The van der Waals surface area contributed by atoms with Gasteiger partial charge in [-0.15, -0.1) is 0 Å². The molecule has 2 aliphatic heterocycles. The Morgan fingerprint density at radius 2 is 1.91 bits per heavy atom. The van der Waals surface area contributed by atoms with Gasteiger partial charge in [0.1, 0.15) is 23.7 Å². The summed E-state index contributed by atoms with van der Waals surface area (Å²) in [4.78, 5) is 15.0. The second-order valence-electron chi connectivity index (χ2n) is 8.49. The van der Waals surface area contributed by atoms with Gasteiger partial charge < -0.3 is 19.7 Å². The van der Waals surface area contributed by atoms with Gasteiger partial charge in [0, 0.05) is 30.8 Å². The van der Waals surface area contributed by atoms with E-state index in [2.05, 4.69) is 10.2 Å². The molecule has 0 aliphatic carbocycles. The maximum Gasteiger partial charge on any atom is 0.416 e. The molecule has 33 heavy (non-hydrogen) atoms. The van der Waals surface area contributed by atoms with Crippen molar-refractivity contribution in [1.29, 1.82) is 0 Å². The molecule has 0 spiro atoms.